The fourth-order valence-electron chi connectivity index (χ4n) is 6.87. The smallest absolute Gasteiger partial charge is 0.247 e. The van der Waals surface area contributed by atoms with Crippen molar-refractivity contribution in [3.8, 4) is 0 Å². The predicted octanol–water partition coefficient (Wildman–Crippen LogP) is 5.69. The molecule has 1 fully saturated rings. The summed E-state index contributed by atoms with van der Waals surface area (Å²) in [6, 6.07) is 21.5. The lowest BCUT2D eigenvalue weighted by Gasteiger charge is -2.45. The van der Waals surface area contributed by atoms with E-state index in [4.69, 9.17) is 0 Å². The number of rotatable bonds is 6. The van der Waals surface area contributed by atoms with Gasteiger partial charge in [0.15, 0.2) is 0 Å². The number of benzene rings is 3. The topological polar surface area (TPSA) is 66.5 Å². The van der Waals surface area contributed by atoms with Crippen molar-refractivity contribution in [3.05, 3.63) is 100 Å². The van der Waals surface area contributed by atoms with Crippen LogP contribution in [0.25, 0.3) is 0 Å². The maximum Gasteiger partial charge on any atom is 0.247 e. The average molecular weight is 493 g/mol. The van der Waals surface area contributed by atoms with Crippen LogP contribution in [0.15, 0.2) is 66.7 Å². The molecule has 0 saturated carbocycles. The molecular formula is C32H32N2O3. The Morgan fingerprint density at radius 2 is 1.35 bits per heavy atom. The van der Waals surface area contributed by atoms with Crippen molar-refractivity contribution in [2.24, 2.45) is 11.8 Å². The van der Waals surface area contributed by atoms with Crippen LogP contribution in [0.3, 0.4) is 0 Å². The number of anilines is 1. The van der Waals surface area contributed by atoms with E-state index in [-0.39, 0.29) is 29.6 Å². The van der Waals surface area contributed by atoms with Crippen LogP contribution in [0.4, 0.5) is 5.69 Å². The summed E-state index contributed by atoms with van der Waals surface area (Å²) in [5.41, 5.74) is 7.27. The number of amides is 3. The first-order valence-electron chi connectivity index (χ1n) is 13.3. The number of nitrogens with zero attached hydrogens (tertiary/aromatic N) is 1. The largest absolute Gasteiger partial charge is 0.324 e. The minimum absolute atomic E-state index is 0.169. The number of likely N-dealkylation sites (tertiary alicyclic amines) is 1. The lowest BCUT2D eigenvalue weighted by molar-refractivity contribution is -0.147. The highest BCUT2D eigenvalue weighted by Gasteiger charge is 2.62. The second kappa shape index (κ2) is 8.98. The van der Waals surface area contributed by atoms with Gasteiger partial charge < -0.3 is 5.32 Å². The molecule has 4 aliphatic rings. The van der Waals surface area contributed by atoms with E-state index in [0.29, 0.717) is 6.42 Å². The van der Waals surface area contributed by atoms with E-state index < -0.39 is 17.9 Å². The van der Waals surface area contributed by atoms with Gasteiger partial charge in [0, 0.05) is 17.5 Å². The summed E-state index contributed by atoms with van der Waals surface area (Å²) in [5.74, 6) is -1.97. The van der Waals surface area contributed by atoms with Gasteiger partial charge in [-0.2, -0.15) is 0 Å². The Morgan fingerprint density at radius 1 is 0.838 bits per heavy atom. The van der Waals surface area contributed by atoms with E-state index in [0.717, 1.165) is 51.9 Å². The van der Waals surface area contributed by atoms with Crippen molar-refractivity contribution in [2.75, 3.05) is 5.32 Å². The summed E-state index contributed by atoms with van der Waals surface area (Å²) < 4.78 is 0. The highest BCUT2D eigenvalue weighted by Crippen LogP contribution is 2.61. The summed E-state index contributed by atoms with van der Waals surface area (Å²) in [6.45, 7) is 5.98. The fourth-order valence-corrected chi connectivity index (χ4v) is 6.87. The molecule has 1 N–H and O–H groups in total. The zero-order valence-electron chi connectivity index (χ0n) is 21.5. The van der Waals surface area contributed by atoms with E-state index >= 15 is 0 Å². The van der Waals surface area contributed by atoms with Gasteiger partial charge in [0.2, 0.25) is 17.7 Å². The van der Waals surface area contributed by atoms with Gasteiger partial charge in [-0.15, -0.1) is 0 Å². The van der Waals surface area contributed by atoms with Crippen LogP contribution in [0.5, 0.6) is 0 Å². The molecule has 1 aliphatic heterocycles. The number of nitrogens with one attached hydrogen (secondary N) is 1. The summed E-state index contributed by atoms with van der Waals surface area (Å²) in [4.78, 5) is 43.4. The maximum absolute atomic E-state index is 14.2. The minimum Gasteiger partial charge on any atom is -0.324 e. The molecule has 3 aromatic rings. The molecule has 5 nitrogen and oxygen atoms in total. The third-order valence-corrected chi connectivity index (χ3v) is 8.58. The number of hydrogen-bond donors (Lipinski definition) is 1. The molecule has 7 rings (SSSR count). The van der Waals surface area contributed by atoms with Crippen molar-refractivity contribution in [3.63, 3.8) is 0 Å². The van der Waals surface area contributed by atoms with Gasteiger partial charge in [0.05, 0.1) is 11.8 Å². The molecule has 1 saturated heterocycles. The molecule has 3 amide bonds. The van der Waals surface area contributed by atoms with Crippen LogP contribution in [0.1, 0.15) is 71.4 Å². The molecule has 1 heterocycles. The third kappa shape index (κ3) is 3.55. The van der Waals surface area contributed by atoms with Gasteiger partial charge in [-0.05, 0) is 59.7 Å². The molecule has 37 heavy (non-hydrogen) atoms. The van der Waals surface area contributed by atoms with Gasteiger partial charge in [0.1, 0.15) is 6.04 Å². The fraction of sp³-hybridized carbons (Fsp3) is 0.344. The molecule has 188 valence electrons. The Balaban J connectivity index is 1.40. The van der Waals surface area contributed by atoms with Gasteiger partial charge in [-0.25, -0.2) is 0 Å². The molecule has 0 unspecified atom stereocenters. The second-order valence-electron chi connectivity index (χ2n) is 10.8. The van der Waals surface area contributed by atoms with E-state index in [1.54, 1.807) is 0 Å². The molecular weight excluding hydrogens is 460 g/mol. The molecule has 3 aliphatic carbocycles. The van der Waals surface area contributed by atoms with E-state index in [1.807, 2.05) is 56.3 Å². The van der Waals surface area contributed by atoms with Crippen LogP contribution in [0, 0.1) is 25.7 Å². The number of hydrogen-bond acceptors (Lipinski definition) is 3. The van der Waals surface area contributed by atoms with Crippen LogP contribution >= 0.6 is 0 Å². The lowest BCUT2D eigenvalue weighted by Crippen LogP contribution is -2.48. The van der Waals surface area contributed by atoms with Crippen molar-refractivity contribution >= 4 is 23.4 Å². The summed E-state index contributed by atoms with van der Waals surface area (Å²) in [7, 11) is 0. The summed E-state index contributed by atoms with van der Waals surface area (Å²) in [6.07, 6.45) is 2.09. The quantitative estimate of drug-likeness (QED) is 0.450. The number of aryl methyl sites for hydroxylation is 2. The van der Waals surface area contributed by atoms with E-state index in [9.17, 15) is 14.4 Å². The van der Waals surface area contributed by atoms with Crippen molar-refractivity contribution in [1.29, 1.82) is 0 Å². The molecule has 3 aromatic carbocycles. The highest BCUT2D eigenvalue weighted by atomic mass is 16.2. The lowest BCUT2D eigenvalue weighted by atomic mass is 9.55. The van der Waals surface area contributed by atoms with Crippen molar-refractivity contribution < 1.29 is 14.4 Å². The van der Waals surface area contributed by atoms with Crippen molar-refractivity contribution in [2.45, 2.75) is 57.9 Å². The zero-order chi connectivity index (χ0) is 25.8. The maximum atomic E-state index is 14.2. The van der Waals surface area contributed by atoms with Gasteiger partial charge in [-0.1, -0.05) is 80.4 Å². The van der Waals surface area contributed by atoms with Crippen LogP contribution < -0.4 is 5.32 Å². The van der Waals surface area contributed by atoms with Crippen LogP contribution in [-0.4, -0.2) is 28.7 Å². The molecule has 0 radical (unpaired) electrons. The Kier molecular flexibility index (Phi) is 5.74. The monoisotopic (exact) mass is 492 g/mol. The first kappa shape index (κ1) is 23.7. The molecule has 0 spiro atoms. The van der Waals surface area contributed by atoms with Gasteiger partial charge in [-0.3, -0.25) is 19.3 Å². The van der Waals surface area contributed by atoms with Gasteiger partial charge in [0.25, 0.3) is 0 Å². The molecule has 3 atom stereocenters. The molecule has 0 aromatic heterocycles. The van der Waals surface area contributed by atoms with Crippen LogP contribution in [-0.2, 0) is 14.4 Å². The van der Waals surface area contributed by atoms with E-state index in [1.165, 1.54) is 4.90 Å². The standard InChI is InChI=1S/C32H32N2O3/c1-4-5-14-25(30(35)33-24-17-18(2)15-16-19(24)3)34-31(36)28-26-20-10-6-7-11-21(20)27(29(28)32(34)37)23-13-9-8-12-22(23)26/h6-13,15-17,25-29H,4-5,14H2,1-3H3,(H,33,35)/t25-,26?,27?,28-,29+/m1/s1. The Hall–Kier alpha value is -3.73. The minimum atomic E-state index is -0.823. The zero-order valence-corrected chi connectivity index (χ0v) is 21.5. The average Bonchev–Trinajstić information content (AvgIpc) is 3.17. The normalized spacial score (nSPS) is 23.9. The van der Waals surface area contributed by atoms with Crippen LogP contribution in [0.2, 0.25) is 0 Å². The number of unbranched alkanes of at least 4 members (excludes halogenated alkanes) is 1. The highest BCUT2D eigenvalue weighted by molar-refractivity contribution is 6.11. The summed E-state index contributed by atoms with van der Waals surface area (Å²) in [5, 5.41) is 3.05. The van der Waals surface area contributed by atoms with Crippen molar-refractivity contribution in [1.82, 2.24) is 4.90 Å². The second-order valence-corrected chi connectivity index (χ2v) is 10.8. The Morgan fingerprint density at radius 3 is 1.84 bits per heavy atom. The first-order chi connectivity index (χ1) is 17.9. The Labute approximate surface area is 217 Å². The SMILES string of the molecule is CCCC[C@H](C(=O)Nc1cc(C)ccc1C)N1C(=O)[C@@H]2C3c4ccccc4C(c4ccccc43)[C@@H]2C1=O. The van der Waals surface area contributed by atoms with Gasteiger partial charge >= 0.3 is 0 Å². The molecule has 5 heteroatoms. The number of carbonyl (C=O) groups excluding carboxylic acids is 3. The number of carbonyl (C=O) groups is 3. The first-order valence-corrected chi connectivity index (χ1v) is 13.3. The summed E-state index contributed by atoms with van der Waals surface area (Å²) >= 11 is 0. The molecule has 2 bridgehead atoms. The number of imide groups is 1. The van der Waals surface area contributed by atoms with E-state index in [2.05, 4.69) is 36.5 Å². The Bertz CT molecular complexity index is 1310. The predicted molar refractivity (Wildman–Crippen MR) is 143 cm³/mol. The third-order valence-electron chi connectivity index (χ3n) is 8.58.